The van der Waals surface area contributed by atoms with Crippen LogP contribution in [-0.2, 0) is 43.0 Å². The monoisotopic (exact) mass is 703 g/mol. The third-order valence-electron chi connectivity index (χ3n) is 7.58. The van der Waals surface area contributed by atoms with Crippen LogP contribution in [-0.4, -0.2) is 200 Å². The summed E-state index contributed by atoms with van der Waals surface area (Å²) >= 11 is 0. The SMILES string of the molecule is C=C(C)C(=O)CCOCCOCCOCCNC(=O)CCC(C(=O)O)N1CCN(CC(=O)O)CCN(CC(=O)O)CCN(CC(=O)O)CC1. The van der Waals surface area contributed by atoms with E-state index in [2.05, 4.69) is 11.9 Å². The zero-order valence-corrected chi connectivity index (χ0v) is 28.4. The first-order valence-electron chi connectivity index (χ1n) is 16.3. The van der Waals surface area contributed by atoms with Crippen LogP contribution in [0, 0.1) is 0 Å². The number of aliphatic carboxylic acids is 4. The second-order valence-electron chi connectivity index (χ2n) is 11.6. The Hall–Kier alpha value is -3.52. The van der Waals surface area contributed by atoms with Crippen LogP contribution in [0.4, 0.5) is 0 Å². The summed E-state index contributed by atoms with van der Waals surface area (Å²) in [5, 5.41) is 40.9. The van der Waals surface area contributed by atoms with Crippen molar-refractivity contribution in [3.05, 3.63) is 12.2 Å². The van der Waals surface area contributed by atoms with Crippen molar-refractivity contribution in [3.63, 3.8) is 0 Å². The van der Waals surface area contributed by atoms with Crippen LogP contribution in [0.15, 0.2) is 12.2 Å². The number of ether oxygens (including phenoxy) is 3. The highest BCUT2D eigenvalue weighted by Gasteiger charge is 2.28. The highest BCUT2D eigenvalue weighted by molar-refractivity contribution is 5.94. The number of nitrogens with one attached hydrogen (secondary N) is 1. The van der Waals surface area contributed by atoms with Gasteiger partial charge in [0.1, 0.15) is 6.04 Å². The molecule has 1 aliphatic rings. The number of nitrogens with zero attached hydrogens (tertiary/aromatic N) is 4. The van der Waals surface area contributed by atoms with Gasteiger partial charge >= 0.3 is 23.9 Å². The average molecular weight is 704 g/mol. The van der Waals surface area contributed by atoms with E-state index in [1.54, 1.807) is 26.5 Å². The minimum Gasteiger partial charge on any atom is -0.480 e. The number of carboxylic acids is 4. The van der Waals surface area contributed by atoms with Gasteiger partial charge in [0.2, 0.25) is 5.91 Å². The van der Waals surface area contributed by atoms with Gasteiger partial charge in [0.05, 0.1) is 59.3 Å². The third kappa shape index (κ3) is 21.9. The van der Waals surface area contributed by atoms with Gasteiger partial charge in [-0.15, -0.1) is 0 Å². The molecule has 0 spiro atoms. The summed E-state index contributed by atoms with van der Waals surface area (Å²) in [5.41, 5.74) is 0.494. The molecular weight excluding hydrogens is 650 g/mol. The Labute approximate surface area is 286 Å². The van der Waals surface area contributed by atoms with Gasteiger partial charge in [-0.2, -0.15) is 0 Å². The molecule has 1 amide bonds. The fourth-order valence-corrected chi connectivity index (χ4v) is 4.91. The van der Waals surface area contributed by atoms with Gasteiger partial charge in [-0.1, -0.05) is 6.58 Å². The zero-order valence-electron chi connectivity index (χ0n) is 28.4. The van der Waals surface area contributed by atoms with Gasteiger partial charge in [-0.3, -0.25) is 48.4 Å². The van der Waals surface area contributed by atoms with Gasteiger partial charge in [0, 0.05) is 71.7 Å². The molecule has 1 atom stereocenters. The van der Waals surface area contributed by atoms with E-state index in [4.69, 9.17) is 14.2 Å². The van der Waals surface area contributed by atoms with Crippen molar-refractivity contribution in [3.8, 4) is 0 Å². The van der Waals surface area contributed by atoms with Crippen molar-refractivity contribution in [1.82, 2.24) is 24.9 Å². The maximum absolute atomic E-state index is 12.5. The Bertz CT molecular complexity index is 1040. The molecule has 18 nitrogen and oxygen atoms in total. The Morgan fingerprint density at radius 2 is 1.04 bits per heavy atom. The summed E-state index contributed by atoms with van der Waals surface area (Å²) in [7, 11) is 0. The van der Waals surface area contributed by atoms with Crippen LogP contribution < -0.4 is 5.32 Å². The van der Waals surface area contributed by atoms with E-state index in [9.17, 15) is 49.2 Å². The van der Waals surface area contributed by atoms with Crippen LogP contribution in [0.25, 0.3) is 0 Å². The topological polar surface area (TPSA) is 236 Å². The number of hydrogen-bond acceptors (Lipinski definition) is 13. The number of ketones is 1. The molecule has 0 aliphatic carbocycles. The number of rotatable bonds is 24. The molecule has 1 fully saturated rings. The molecule has 280 valence electrons. The van der Waals surface area contributed by atoms with Crippen LogP contribution >= 0.6 is 0 Å². The molecule has 1 aliphatic heterocycles. The first kappa shape index (κ1) is 43.5. The summed E-state index contributed by atoms with van der Waals surface area (Å²) in [5.74, 6) is -4.83. The number of hydrogen-bond donors (Lipinski definition) is 5. The number of Topliss-reactive ketones (excluding diaryl/α,β-unsaturated/α-hetero) is 1. The Balaban J connectivity index is 2.60. The van der Waals surface area contributed by atoms with E-state index in [0.29, 0.717) is 32.0 Å². The molecule has 5 N–H and O–H groups in total. The quantitative estimate of drug-likeness (QED) is 0.0562. The van der Waals surface area contributed by atoms with Gasteiger partial charge in [-0.05, 0) is 18.9 Å². The maximum atomic E-state index is 12.5. The predicted octanol–water partition coefficient (Wildman–Crippen LogP) is -1.60. The molecule has 0 aromatic carbocycles. The lowest BCUT2D eigenvalue weighted by molar-refractivity contribution is -0.145. The first-order chi connectivity index (χ1) is 23.3. The van der Waals surface area contributed by atoms with Gasteiger partial charge in [0.15, 0.2) is 5.78 Å². The number of carboxylic acid groups (broad SMARTS) is 4. The maximum Gasteiger partial charge on any atom is 0.320 e. The second kappa shape index (κ2) is 25.5. The lowest BCUT2D eigenvalue weighted by Gasteiger charge is -2.35. The molecule has 0 bridgehead atoms. The van der Waals surface area contributed by atoms with E-state index >= 15 is 0 Å². The summed E-state index contributed by atoms with van der Waals surface area (Å²) in [6.45, 7) is 7.67. The molecule has 1 heterocycles. The third-order valence-corrected chi connectivity index (χ3v) is 7.58. The van der Waals surface area contributed by atoms with Crippen molar-refractivity contribution in [2.45, 2.75) is 32.2 Å². The summed E-state index contributed by atoms with van der Waals surface area (Å²) in [6, 6.07) is -1.10. The highest BCUT2D eigenvalue weighted by Crippen LogP contribution is 2.11. The van der Waals surface area contributed by atoms with Crippen molar-refractivity contribution in [1.29, 1.82) is 0 Å². The lowest BCUT2D eigenvalue weighted by atomic mass is 10.1. The second-order valence-corrected chi connectivity index (χ2v) is 11.6. The van der Waals surface area contributed by atoms with Gasteiger partial charge in [-0.25, -0.2) is 0 Å². The highest BCUT2D eigenvalue weighted by atomic mass is 16.5. The summed E-state index contributed by atoms with van der Waals surface area (Å²) in [4.78, 5) is 77.1. The van der Waals surface area contributed by atoms with Crippen molar-refractivity contribution < 1.29 is 63.4 Å². The molecule has 1 rings (SSSR count). The summed E-state index contributed by atoms with van der Waals surface area (Å²) in [6.07, 6.45) is 0.137. The Morgan fingerprint density at radius 1 is 0.633 bits per heavy atom. The Kier molecular flexibility index (Phi) is 22.6. The van der Waals surface area contributed by atoms with Crippen molar-refractivity contribution in [2.24, 2.45) is 0 Å². The fourth-order valence-electron chi connectivity index (χ4n) is 4.91. The van der Waals surface area contributed by atoms with E-state index in [0.717, 1.165) is 0 Å². The smallest absolute Gasteiger partial charge is 0.320 e. The predicted molar refractivity (Wildman–Crippen MR) is 174 cm³/mol. The molecular formula is C31H53N5O13. The molecule has 0 aromatic heterocycles. The standard InChI is InChI=1S/C31H53N5O13/c1-24(2)26(37)5-15-47-17-19-49-20-18-48-16-6-32-27(38)4-3-25(31(45)46)36-13-11-34(22-29(41)42)9-7-33(21-28(39)40)8-10-35(12-14-36)23-30(43)44/h25H,1,3-23H2,2H3,(H,32,38)(H,39,40)(H,41,42)(H,43,44)(H,45,46). The zero-order chi connectivity index (χ0) is 36.6. The molecule has 1 saturated heterocycles. The molecule has 0 radical (unpaired) electrons. The van der Waals surface area contributed by atoms with Crippen LogP contribution in [0.1, 0.15) is 26.2 Å². The van der Waals surface area contributed by atoms with Gasteiger partial charge in [0.25, 0.3) is 0 Å². The number of allylic oxidation sites excluding steroid dienone is 1. The van der Waals surface area contributed by atoms with Crippen LogP contribution in [0.2, 0.25) is 0 Å². The van der Waals surface area contributed by atoms with E-state index in [1.165, 1.54) is 0 Å². The largest absolute Gasteiger partial charge is 0.480 e. The van der Waals surface area contributed by atoms with E-state index in [1.807, 2.05) is 0 Å². The molecule has 49 heavy (non-hydrogen) atoms. The molecule has 1 unspecified atom stereocenters. The normalized spacial score (nSPS) is 16.6. The fraction of sp³-hybridized carbons (Fsp3) is 0.742. The number of amides is 1. The number of carbonyl (C=O) groups is 6. The van der Waals surface area contributed by atoms with E-state index < -0.39 is 29.9 Å². The average Bonchev–Trinajstić information content (AvgIpc) is 3.01. The molecule has 0 saturated carbocycles. The summed E-state index contributed by atoms with van der Waals surface area (Å²) < 4.78 is 16.1. The van der Waals surface area contributed by atoms with Crippen molar-refractivity contribution >= 4 is 35.6 Å². The van der Waals surface area contributed by atoms with Crippen LogP contribution in [0.5, 0.6) is 0 Å². The molecule has 0 aromatic rings. The minimum atomic E-state index is -1.17. The molecule has 18 heteroatoms. The first-order valence-corrected chi connectivity index (χ1v) is 16.3. The number of carbonyl (C=O) groups excluding carboxylic acids is 2. The van der Waals surface area contributed by atoms with E-state index in [-0.39, 0.29) is 123 Å². The Morgan fingerprint density at radius 3 is 1.45 bits per heavy atom. The van der Waals surface area contributed by atoms with Crippen LogP contribution in [0.3, 0.4) is 0 Å². The minimum absolute atomic E-state index is 0.0382. The van der Waals surface area contributed by atoms with Gasteiger partial charge < -0.3 is 40.0 Å². The lowest BCUT2D eigenvalue weighted by Crippen LogP contribution is -2.52. The van der Waals surface area contributed by atoms with Crippen molar-refractivity contribution in [2.75, 3.05) is 118 Å².